The Bertz CT molecular complexity index is 507. The first kappa shape index (κ1) is 7.61. The minimum absolute atomic E-state index is 1.04. The van der Waals surface area contributed by atoms with Gasteiger partial charge in [0.25, 0.3) is 0 Å². The third kappa shape index (κ3) is 1.02. The third-order valence-electron chi connectivity index (χ3n) is 2.70. The van der Waals surface area contributed by atoms with Crippen molar-refractivity contribution in [2.75, 3.05) is 0 Å². The van der Waals surface area contributed by atoms with E-state index < -0.39 is 0 Å². The zero-order valence-electron chi connectivity index (χ0n) is 7.83. The highest BCUT2D eigenvalue weighted by Gasteiger charge is 2.12. The molecule has 0 bridgehead atoms. The fourth-order valence-electron chi connectivity index (χ4n) is 2.07. The van der Waals surface area contributed by atoms with Crippen LogP contribution >= 0.6 is 0 Å². The van der Waals surface area contributed by atoms with E-state index in [1.54, 1.807) is 0 Å². The van der Waals surface area contributed by atoms with Crippen LogP contribution in [0.5, 0.6) is 0 Å². The van der Waals surface area contributed by atoms with E-state index in [4.69, 9.17) is 0 Å². The molecule has 0 aliphatic heterocycles. The van der Waals surface area contributed by atoms with Gasteiger partial charge in [-0.05, 0) is 40.8 Å². The van der Waals surface area contributed by atoms with Gasteiger partial charge in [-0.3, -0.25) is 0 Å². The standard InChI is InChI=1S/C14H10/c1-2-6-12-8-4-10-13-9-3-7-11(5-1)14(12)13/h1,3-6,8-10H,7H2. The Morgan fingerprint density at radius 1 is 1.14 bits per heavy atom. The summed E-state index contributed by atoms with van der Waals surface area (Å²) in [6.45, 7) is 0. The summed E-state index contributed by atoms with van der Waals surface area (Å²) in [6.07, 6.45) is 11.7. The maximum atomic E-state index is 3.17. The van der Waals surface area contributed by atoms with Crippen molar-refractivity contribution >= 4 is 17.7 Å². The molecule has 0 saturated carbocycles. The summed E-state index contributed by atoms with van der Waals surface area (Å²) in [7, 11) is 0. The van der Waals surface area contributed by atoms with E-state index in [-0.39, 0.29) is 0 Å². The van der Waals surface area contributed by atoms with E-state index in [0.717, 1.165) is 6.42 Å². The molecule has 0 spiro atoms. The molecule has 1 aromatic carbocycles. The van der Waals surface area contributed by atoms with Gasteiger partial charge in [0.1, 0.15) is 0 Å². The Hall–Kier alpha value is -1.78. The fraction of sp³-hybridized carbons (Fsp3) is 0.0714. The third-order valence-corrected chi connectivity index (χ3v) is 2.70. The van der Waals surface area contributed by atoms with Crippen molar-refractivity contribution in [3.63, 3.8) is 0 Å². The molecule has 0 atom stereocenters. The lowest BCUT2D eigenvalue weighted by Gasteiger charge is -2.15. The predicted octanol–water partition coefficient (Wildman–Crippen LogP) is 3.67. The second-order valence-electron chi connectivity index (χ2n) is 3.59. The summed E-state index contributed by atoms with van der Waals surface area (Å²) < 4.78 is 0. The fourth-order valence-corrected chi connectivity index (χ4v) is 2.07. The van der Waals surface area contributed by atoms with Crippen molar-refractivity contribution < 1.29 is 0 Å². The Balaban J connectivity index is 2.41. The van der Waals surface area contributed by atoms with Crippen LogP contribution in [0.2, 0.25) is 0 Å². The molecular formula is C14H10. The van der Waals surface area contributed by atoms with Crippen LogP contribution in [0.4, 0.5) is 0 Å². The molecule has 0 amide bonds. The molecule has 0 heterocycles. The zero-order chi connectivity index (χ0) is 9.38. The van der Waals surface area contributed by atoms with Crippen LogP contribution in [0.3, 0.4) is 0 Å². The molecule has 1 aromatic rings. The van der Waals surface area contributed by atoms with E-state index in [0.29, 0.717) is 0 Å². The summed E-state index contributed by atoms with van der Waals surface area (Å²) in [4.78, 5) is 0. The van der Waals surface area contributed by atoms with Gasteiger partial charge in [-0.25, -0.2) is 0 Å². The van der Waals surface area contributed by atoms with Crippen LogP contribution in [0.1, 0.15) is 23.1 Å². The Kier molecular flexibility index (Phi) is 1.56. The Morgan fingerprint density at radius 3 is 3.07 bits per heavy atom. The zero-order valence-corrected chi connectivity index (χ0v) is 7.83. The molecule has 0 fully saturated rings. The van der Waals surface area contributed by atoms with E-state index in [2.05, 4.69) is 48.2 Å². The average molecular weight is 178 g/mol. The van der Waals surface area contributed by atoms with Crippen molar-refractivity contribution in [2.24, 2.45) is 0 Å². The van der Waals surface area contributed by atoms with Crippen LogP contribution in [0, 0.1) is 0 Å². The summed E-state index contributed by atoms with van der Waals surface area (Å²) in [5, 5.41) is 0. The van der Waals surface area contributed by atoms with Crippen LogP contribution in [-0.2, 0) is 0 Å². The van der Waals surface area contributed by atoms with Gasteiger partial charge in [0, 0.05) is 0 Å². The lowest BCUT2D eigenvalue weighted by atomic mass is 9.89. The molecule has 0 saturated heterocycles. The summed E-state index contributed by atoms with van der Waals surface area (Å²) in [6, 6.07) is 6.42. The number of hydrogen-bond donors (Lipinski definition) is 0. The maximum Gasteiger partial charge on any atom is -0.00699 e. The topological polar surface area (TPSA) is 0 Å². The molecule has 3 rings (SSSR count). The highest BCUT2D eigenvalue weighted by molar-refractivity contribution is 5.86. The minimum atomic E-state index is 1.04. The molecule has 0 N–H and O–H groups in total. The predicted molar refractivity (Wildman–Crippen MR) is 60.6 cm³/mol. The molecule has 0 heteroatoms. The molecule has 2 aliphatic rings. The van der Waals surface area contributed by atoms with Gasteiger partial charge in [0.15, 0.2) is 0 Å². The van der Waals surface area contributed by atoms with Crippen molar-refractivity contribution in [3.8, 4) is 0 Å². The smallest absolute Gasteiger partial charge is 0.00699 e. The second-order valence-corrected chi connectivity index (χ2v) is 3.59. The van der Waals surface area contributed by atoms with Gasteiger partial charge in [-0.1, -0.05) is 36.4 Å². The van der Waals surface area contributed by atoms with E-state index >= 15 is 0 Å². The van der Waals surface area contributed by atoms with Crippen molar-refractivity contribution in [1.82, 2.24) is 0 Å². The van der Waals surface area contributed by atoms with Crippen LogP contribution in [0.15, 0.2) is 42.2 Å². The molecule has 0 nitrogen and oxygen atoms in total. The van der Waals surface area contributed by atoms with E-state index in [1.807, 2.05) is 6.08 Å². The normalized spacial score (nSPS) is 16.1. The maximum absolute atomic E-state index is 3.17. The number of allylic oxidation sites excluding steroid dienone is 4. The molecule has 0 aromatic heterocycles. The monoisotopic (exact) mass is 178 g/mol. The minimum Gasteiger partial charge on any atom is -0.120 e. The Labute approximate surface area is 83.6 Å². The number of hydrogen-bond acceptors (Lipinski definition) is 0. The molecule has 0 radical (unpaired) electrons. The van der Waals surface area contributed by atoms with Gasteiger partial charge in [-0.15, -0.1) is 5.73 Å². The molecule has 14 heavy (non-hydrogen) atoms. The summed E-state index contributed by atoms with van der Waals surface area (Å²) in [5.74, 6) is 0. The largest absolute Gasteiger partial charge is 0.120 e. The van der Waals surface area contributed by atoms with Crippen molar-refractivity contribution in [1.29, 1.82) is 0 Å². The highest BCUT2D eigenvalue weighted by atomic mass is 14.2. The summed E-state index contributed by atoms with van der Waals surface area (Å²) >= 11 is 0. The SMILES string of the molecule is C1=CC=C2CC=Cc3cccc(c32)C=1. The lowest BCUT2D eigenvalue weighted by Crippen LogP contribution is -1.95. The van der Waals surface area contributed by atoms with Gasteiger partial charge in [0.05, 0.1) is 0 Å². The van der Waals surface area contributed by atoms with Crippen LogP contribution in [0.25, 0.3) is 17.7 Å². The number of rotatable bonds is 0. The van der Waals surface area contributed by atoms with Gasteiger partial charge in [0.2, 0.25) is 0 Å². The molecule has 66 valence electrons. The average Bonchev–Trinajstić information content (AvgIpc) is 2.44. The second kappa shape index (κ2) is 2.87. The lowest BCUT2D eigenvalue weighted by molar-refractivity contribution is 1.35. The quantitative estimate of drug-likeness (QED) is 0.532. The molecule has 2 aliphatic carbocycles. The van der Waals surface area contributed by atoms with Crippen LogP contribution < -0.4 is 0 Å². The first-order chi connectivity index (χ1) is 6.95. The number of benzene rings is 1. The first-order valence-corrected chi connectivity index (χ1v) is 4.87. The van der Waals surface area contributed by atoms with Gasteiger partial charge >= 0.3 is 0 Å². The van der Waals surface area contributed by atoms with E-state index in [9.17, 15) is 0 Å². The first-order valence-electron chi connectivity index (χ1n) is 4.87. The van der Waals surface area contributed by atoms with Gasteiger partial charge in [-0.2, -0.15) is 0 Å². The van der Waals surface area contributed by atoms with Crippen LogP contribution in [-0.4, -0.2) is 0 Å². The van der Waals surface area contributed by atoms with Crippen molar-refractivity contribution in [3.05, 3.63) is 58.8 Å². The summed E-state index contributed by atoms with van der Waals surface area (Å²) in [5.41, 5.74) is 8.57. The van der Waals surface area contributed by atoms with Crippen molar-refractivity contribution in [2.45, 2.75) is 6.42 Å². The Morgan fingerprint density at radius 2 is 2.07 bits per heavy atom. The van der Waals surface area contributed by atoms with Gasteiger partial charge < -0.3 is 0 Å². The van der Waals surface area contributed by atoms with E-state index in [1.165, 1.54) is 22.3 Å². The molecule has 0 unspecified atom stereocenters. The molecular weight excluding hydrogens is 168 g/mol. The highest BCUT2D eigenvalue weighted by Crippen LogP contribution is 2.33.